The molecule has 0 aliphatic carbocycles. The van der Waals surface area contributed by atoms with E-state index in [-0.39, 0.29) is 0 Å². The molecule has 110 valence electrons. The molecule has 0 unspecified atom stereocenters. The van der Waals surface area contributed by atoms with Gasteiger partial charge in [0.05, 0.1) is 19.3 Å². The van der Waals surface area contributed by atoms with Gasteiger partial charge in [0.2, 0.25) is 0 Å². The summed E-state index contributed by atoms with van der Waals surface area (Å²) in [6.45, 7) is 2.37. The molecule has 6 heteroatoms. The minimum Gasteiger partial charge on any atom is -0.466 e. The van der Waals surface area contributed by atoms with Crippen LogP contribution in [0.5, 0.6) is 0 Å². The van der Waals surface area contributed by atoms with Crippen molar-refractivity contribution in [3.8, 4) is 0 Å². The van der Waals surface area contributed by atoms with Crippen LogP contribution in [0.1, 0.15) is 16.8 Å². The van der Waals surface area contributed by atoms with Crippen LogP contribution in [-0.4, -0.2) is 22.9 Å². The number of rotatable bonds is 4. The fourth-order valence-electron chi connectivity index (χ4n) is 1.84. The van der Waals surface area contributed by atoms with Gasteiger partial charge in [-0.2, -0.15) is 5.10 Å². The number of halogens is 2. The molecule has 0 bridgehead atoms. The lowest BCUT2D eigenvalue weighted by Crippen LogP contribution is -2.01. The van der Waals surface area contributed by atoms with E-state index >= 15 is 0 Å². The molecule has 0 aliphatic heterocycles. The van der Waals surface area contributed by atoms with Gasteiger partial charge in [0, 0.05) is 16.7 Å². The average Bonchev–Trinajstić information content (AvgIpc) is 2.73. The highest BCUT2D eigenvalue weighted by molar-refractivity contribution is 6.31. The first-order valence-electron chi connectivity index (χ1n) is 6.24. The molecule has 0 saturated heterocycles. The van der Waals surface area contributed by atoms with E-state index < -0.39 is 5.97 Å². The van der Waals surface area contributed by atoms with E-state index in [1.807, 2.05) is 31.2 Å². The largest absolute Gasteiger partial charge is 0.466 e. The standard InChI is InChI=1S/C15H14Cl2N2O2/c1-10-13(7-8-14(20)21-2)15(17)19(18-10)9-11-3-5-12(16)6-4-11/h3-8H,9H2,1-2H3/b8-7+. The third-order valence-electron chi connectivity index (χ3n) is 2.94. The molecule has 4 nitrogen and oxygen atoms in total. The maximum Gasteiger partial charge on any atom is 0.330 e. The van der Waals surface area contributed by atoms with Crippen LogP contribution in [0, 0.1) is 6.92 Å². The maximum absolute atomic E-state index is 11.1. The minimum absolute atomic E-state index is 0.434. The lowest BCUT2D eigenvalue weighted by molar-refractivity contribution is -0.134. The van der Waals surface area contributed by atoms with Gasteiger partial charge in [0.1, 0.15) is 5.15 Å². The van der Waals surface area contributed by atoms with Crippen molar-refractivity contribution >= 4 is 35.2 Å². The molecule has 0 saturated carbocycles. The summed E-state index contributed by atoms with van der Waals surface area (Å²) in [5.74, 6) is -0.434. The second kappa shape index (κ2) is 6.78. The van der Waals surface area contributed by atoms with E-state index in [0.717, 1.165) is 11.3 Å². The molecule has 1 aromatic heterocycles. The predicted octanol–water partition coefficient (Wildman–Crippen LogP) is 3.73. The maximum atomic E-state index is 11.1. The molecule has 0 N–H and O–H groups in total. The monoisotopic (exact) mass is 324 g/mol. The highest BCUT2D eigenvalue weighted by Crippen LogP contribution is 2.22. The van der Waals surface area contributed by atoms with Crippen molar-refractivity contribution in [2.45, 2.75) is 13.5 Å². The Labute approximate surface area is 132 Å². The molecule has 2 rings (SSSR count). The number of carbonyl (C=O) groups excluding carboxylic acids is 1. The molecule has 0 aliphatic rings. The number of esters is 1. The summed E-state index contributed by atoms with van der Waals surface area (Å²) < 4.78 is 6.23. The van der Waals surface area contributed by atoms with Crippen LogP contribution in [0.4, 0.5) is 0 Å². The Hall–Kier alpha value is -1.78. The summed E-state index contributed by atoms with van der Waals surface area (Å²) in [6.07, 6.45) is 2.93. The third-order valence-corrected chi connectivity index (χ3v) is 3.59. The first-order chi connectivity index (χ1) is 10.0. The summed E-state index contributed by atoms with van der Waals surface area (Å²) in [5, 5.41) is 5.54. The van der Waals surface area contributed by atoms with Crippen molar-refractivity contribution in [1.29, 1.82) is 0 Å². The van der Waals surface area contributed by atoms with E-state index in [0.29, 0.717) is 22.3 Å². The van der Waals surface area contributed by atoms with Gasteiger partial charge in [-0.25, -0.2) is 9.48 Å². The number of hydrogen-bond acceptors (Lipinski definition) is 3. The van der Waals surface area contributed by atoms with Crippen LogP contribution in [0.3, 0.4) is 0 Å². The number of aromatic nitrogens is 2. The molecule has 1 heterocycles. The van der Waals surface area contributed by atoms with E-state index in [9.17, 15) is 4.79 Å². The van der Waals surface area contributed by atoms with Crippen molar-refractivity contribution in [3.05, 3.63) is 57.3 Å². The summed E-state index contributed by atoms with van der Waals surface area (Å²) in [7, 11) is 1.32. The Morgan fingerprint density at radius 3 is 2.62 bits per heavy atom. The molecular formula is C15H14Cl2N2O2. The minimum atomic E-state index is -0.434. The van der Waals surface area contributed by atoms with Crippen molar-refractivity contribution in [2.24, 2.45) is 0 Å². The topological polar surface area (TPSA) is 44.1 Å². The van der Waals surface area contributed by atoms with Crippen molar-refractivity contribution in [3.63, 3.8) is 0 Å². The highest BCUT2D eigenvalue weighted by atomic mass is 35.5. The summed E-state index contributed by atoms with van der Waals surface area (Å²) in [4.78, 5) is 11.1. The normalized spacial score (nSPS) is 11.0. The van der Waals surface area contributed by atoms with Crippen molar-refractivity contribution in [2.75, 3.05) is 7.11 Å². The lowest BCUT2D eigenvalue weighted by atomic mass is 10.2. The van der Waals surface area contributed by atoms with E-state index in [1.165, 1.54) is 13.2 Å². The number of nitrogens with zero attached hydrogens (tertiary/aromatic N) is 2. The van der Waals surface area contributed by atoms with Crippen LogP contribution >= 0.6 is 23.2 Å². The van der Waals surface area contributed by atoms with Gasteiger partial charge in [-0.1, -0.05) is 35.3 Å². The Balaban J connectivity index is 2.24. The van der Waals surface area contributed by atoms with Gasteiger partial charge in [0.25, 0.3) is 0 Å². The van der Waals surface area contributed by atoms with Crippen LogP contribution < -0.4 is 0 Å². The molecule has 0 spiro atoms. The Kier molecular flexibility index (Phi) is 5.04. The van der Waals surface area contributed by atoms with Gasteiger partial charge in [-0.05, 0) is 30.7 Å². The molecule has 21 heavy (non-hydrogen) atoms. The zero-order valence-electron chi connectivity index (χ0n) is 11.6. The zero-order valence-corrected chi connectivity index (χ0v) is 13.1. The van der Waals surface area contributed by atoms with Crippen LogP contribution in [0.25, 0.3) is 6.08 Å². The van der Waals surface area contributed by atoms with E-state index in [1.54, 1.807) is 10.8 Å². The molecule has 2 aromatic rings. The second-order valence-electron chi connectivity index (χ2n) is 4.43. The molecule has 0 fully saturated rings. The number of ether oxygens (including phenoxy) is 1. The van der Waals surface area contributed by atoms with Gasteiger partial charge in [-0.15, -0.1) is 0 Å². The fraction of sp³-hybridized carbons (Fsp3) is 0.200. The second-order valence-corrected chi connectivity index (χ2v) is 5.22. The quantitative estimate of drug-likeness (QED) is 0.635. The van der Waals surface area contributed by atoms with Gasteiger partial charge >= 0.3 is 5.97 Å². The van der Waals surface area contributed by atoms with Crippen molar-refractivity contribution in [1.82, 2.24) is 9.78 Å². The zero-order chi connectivity index (χ0) is 15.4. The first kappa shape index (κ1) is 15.6. The molecule has 0 radical (unpaired) electrons. The predicted molar refractivity (Wildman–Crippen MR) is 83.6 cm³/mol. The van der Waals surface area contributed by atoms with Crippen molar-refractivity contribution < 1.29 is 9.53 Å². The number of methoxy groups -OCH3 is 1. The van der Waals surface area contributed by atoms with E-state index in [2.05, 4.69) is 9.84 Å². The smallest absolute Gasteiger partial charge is 0.330 e. The number of hydrogen-bond donors (Lipinski definition) is 0. The first-order valence-corrected chi connectivity index (χ1v) is 7.00. The van der Waals surface area contributed by atoms with Crippen LogP contribution in [0.2, 0.25) is 10.2 Å². The molecule has 0 atom stereocenters. The van der Waals surface area contributed by atoms with E-state index in [4.69, 9.17) is 23.2 Å². The molecule has 1 aromatic carbocycles. The number of aryl methyl sites for hydroxylation is 1. The number of benzene rings is 1. The summed E-state index contributed by atoms with van der Waals surface area (Å²) >= 11 is 12.2. The highest BCUT2D eigenvalue weighted by Gasteiger charge is 2.11. The Bertz CT molecular complexity index is 676. The van der Waals surface area contributed by atoms with Crippen LogP contribution in [0.15, 0.2) is 30.3 Å². The Morgan fingerprint density at radius 2 is 2.00 bits per heavy atom. The van der Waals surface area contributed by atoms with Crippen LogP contribution in [-0.2, 0) is 16.1 Å². The number of carbonyl (C=O) groups is 1. The fourth-order valence-corrected chi connectivity index (χ4v) is 2.27. The average molecular weight is 325 g/mol. The van der Waals surface area contributed by atoms with Gasteiger partial charge < -0.3 is 4.74 Å². The van der Waals surface area contributed by atoms with Gasteiger partial charge in [0.15, 0.2) is 0 Å². The molecule has 0 amide bonds. The SMILES string of the molecule is COC(=O)/C=C/c1c(C)nn(Cc2ccc(Cl)cc2)c1Cl. The third kappa shape index (κ3) is 3.86. The summed E-state index contributed by atoms with van der Waals surface area (Å²) in [6, 6.07) is 7.47. The summed E-state index contributed by atoms with van der Waals surface area (Å²) in [5.41, 5.74) is 2.48. The van der Waals surface area contributed by atoms with Gasteiger partial charge in [-0.3, -0.25) is 0 Å². The Morgan fingerprint density at radius 1 is 1.33 bits per heavy atom. The lowest BCUT2D eigenvalue weighted by Gasteiger charge is -2.03. The molecular weight excluding hydrogens is 311 g/mol.